The van der Waals surface area contributed by atoms with Crippen molar-refractivity contribution in [2.24, 2.45) is 11.8 Å². The van der Waals surface area contributed by atoms with Crippen LogP contribution in [0.15, 0.2) is 0 Å². The van der Waals surface area contributed by atoms with E-state index in [4.69, 9.17) is 37.0 Å². The summed E-state index contributed by atoms with van der Waals surface area (Å²) in [5.41, 5.74) is 0. The molecule has 0 bridgehead atoms. The smallest absolute Gasteiger partial charge is 0.462 e. The van der Waals surface area contributed by atoms with E-state index in [9.17, 15) is 43.2 Å². The lowest BCUT2D eigenvalue weighted by atomic mass is 10.0. The molecule has 5 atom stereocenters. The maximum absolute atomic E-state index is 13.1. The second-order valence-corrected chi connectivity index (χ2v) is 33.4. The number of unbranched alkanes of at least 4 members (excludes halogenated alkanes) is 51. The summed E-state index contributed by atoms with van der Waals surface area (Å²) in [5.74, 6) is -0.491. The number of carbonyl (C=O) groups excluding carboxylic acids is 4. The molecule has 0 amide bonds. The summed E-state index contributed by atoms with van der Waals surface area (Å²) in [6, 6.07) is 0. The van der Waals surface area contributed by atoms with Gasteiger partial charge in [0, 0.05) is 25.7 Å². The number of hydrogen-bond acceptors (Lipinski definition) is 15. The number of carbonyl (C=O) groups is 4. The van der Waals surface area contributed by atoms with Crippen LogP contribution in [0, 0.1) is 11.8 Å². The van der Waals surface area contributed by atoms with Gasteiger partial charge < -0.3 is 33.8 Å². The molecule has 0 heterocycles. The highest BCUT2D eigenvalue weighted by Crippen LogP contribution is 2.45. The average Bonchev–Trinajstić information content (AvgIpc) is 0.958. The Bertz CT molecular complexity index is 1940. The first-order valence-electron chi connectivity index (χ1n) is 42.5. The van der Waals surface area contributed by atoms with E-state index >= 15 is 0 Å². The van der Waals surface area contributed by atoms with Gasteiger partial charge in [-0.3, -0.25) is 37.3 Å². The summed E-state index contributed by atoms with van der Waals surface area (Å²) in [4.78, 5) is 73.0. The maximum atomic E-state index is 13.1. The van der Waals surface area contributed by atoms with Crippen LogP contribution in [-0.4, -0.2) is 96.7 Å². The number of phosphoric acid groups is 2. The zero-order valence-electron chi connectivity index (χ0n) is 66.2. The van der Waals surface area contributed by atoms with Gasteiger partial charge in [0.15, 0.2) is 12.2 Å². The minimum atomic E-state index is -4.96. The molecule has 0 saturated heterocycles. The third-order valence-corrected chi connectivity index (χ3v) is 21.1. The number of aliphatic hydroxyl groups is 1. The molecule has 600 valence electrons. The van der Waals surface area contributed by atoms with Crippen molar-refractivity contribution in [2.75, 3.05) is 39.6 Å². The van der Waals surface area contributed by atoms with Crippen LogP contribution in [0.5, 0.6) is 0 Å². The van der Waals surface area contributed by atoms with Gasteiger partial charge in [0.05, 0.1) is 26.4 Å². The Morgan fingerprint density at radius 3 is 0.673 bits per heavy atom. The Hall–Kier alpha value is -1.94. The van der Waals surface area contributed by atoms with Crippen LogP contribution in [0.2, 0.25) is 0 Å². The van der Waals surface area contributed by atoms with Gasteiger partial charge in [0.25, 0.3) is 0 Å². The van der Waals surface area contributed by atoms with Gasteiger partial charge in [-0.1, -0.05) is 382 Å². The van der Waals surface area contributed by atoms with Crippen LogP contribution in [-0.2, 0) is 65.4 Å². The molecule has 0 aromatic rings. The molecule has 0 fully saturated rings. The molecule has 17 nitrogen and oxygen atoms in total. The summed E-state index contributed by atoms with van der Waals surface area (Å²) in [5, 5.41) is 10.6. The van der Waals surface area contributed by atoms with Gasteiger partial charge in [0.2, 0.25) is 0 Å². The van der Waals surface area contributed by atoms with Gasteiger partial charge >= 0.3 is 39.5 Å². The van der Waals surface area contributed by atoms with E-state index in [2.05, 4.69) is 41.5 Å². The molecule has 0 aromatic carbocycles. The number of hydrogen-bond donors (Lipinski definition) is 3. The second-order valence-electron chi connectivity index (χ2n) is 30.5. The number of esters is 4. The summed E-state index contributed by atoms with van der Waals surface area (Å²) in [7, 11) is -9.92. The second kappa shape index (κ2) is 73.6. The molecule has 19 heteroatoms. The van der Waals surface area contributed by atoms with E-state index < -0.39 is 97.5 Å². The number of rotatable bonds is 81. The molecule has 0 saturated carbocycles. The summed E-state index contributed by atoms with van der Waals surface area (Å²) in [6.45, 7) is 9.69. The lowest BCUT2D eigenvalue weighted by Crippen LogP contribution is -2.30. The zero-order chi connectivity index (χ0) is 74.2. The molecule has 0 aliphatic rings. The fraction of sp³-hybridized carbons (Fsp3) is 0.951. The molecule has 101 heavy (non-hydrogen) atoms. The predicted molar refractivity (Wildman–Crippen MR) is 414 cm³/mol. The highest BCUT2D eigenvalue weighted by atomic mass is 31.2. The lowest BCUT2D eigenvalue weighted by molar-refractivity contribution is -0.161. The van der Waals surface area contributed by atoms with E-state index in [1.807, 2.05) is 0 Å². The number of ether oxygens (including phenoxy) is 4. The summed E-state index contributed by atoms with van der Waals surface area (Å²) < 4.78 is 68.7. The van der Waals surface area contributed by atoms with Crippen molar-refractivity contribution in [1.82, 2.24) is 0 Å². The molecular weight excluding hydrogens is 1320 g/mol. The monoisotopic (exact) mass is 1480 g/mol. The third-order valence-electron chi connectivity index (χ3n) is 19.2. The molecule has 0 aromatic heterocycles. The Kier molecular flexibility index (Phi) is 72.2. The van der Waals surface area contributed by atoms with Crippen LogP contribution >= 0.6 is 15.6 Å². The van der Waals surface area contributed by atoms with Crippen LogP contribution < -0.4 is 0 Å². The van der Waals surface area contributed by atoms with Crippen molar-refractivity contribution in [2.45, 2.75) is 452 Å². The standard InChI is InChI=1S/C82H160O17P2/c1-7-9-11-13-15-17-18-19-23-31-36-42-48-54-60-66-81(86)98-77(70-92-79(84)64-58-52-46-38-16-14-12-10-8-2)72-96-100(88,89)94-68-76(83)69-95-101(90,91)97-73-78(71-93-80(85)65-59-53-47-41-35-30-27-22-25-29-34-40-45-51-57-63-75(5)6)99-82(87)67-61-55-49-43-37-32-26-21-20-24-28-33-39-44-50-56-62-74(3)4/h74-78,83H,7-73H2,1-6H3,(H,88,89)(H,90,91)/t76-,77+,78+/m0/s1. The molecule has 0 aliphatic heterocycles. The quantitative estimate of drug-likeness (QED) is 0.0222. The Morgan fingerprint density at radius 1 is 0.267 bits per heavy atom. The number of phosphoric ester groups is 2. The van der Waals surface area contributed by atoms with E-state index in [0.29, 0.717) is 25.7 Å². The SMILES string of the molecule is CCCCCCCCCCCCCCCCCC(=O)O[C@H](COC(=O)CCCCCCCCCCC)COP(=O)(O)OC[C@H](O)COP(=O)(O)OC[C@@H](COC(=O)CCCCCCCCCCCCCCCCCC(C)C)OC(=O)CCCCCCCCCCCCCCCCCCC(C)C. The minimum absolute atomic E-state index is 0.108. The van der Waals surface area contributed by atoms with E-state index in [1.54, 1.807) is 0 Å². The average molecular weight is 1480 g/mol. The van der Waals surface area contributed by atoms with Crippen molar-refractivity contribution >= 4 is 39.5 Å². The molecule has 2 unspecified atom stereocenters. The minimum Gasteiger partial charge on any atom is -0.462 e. The van der Waals surface area contributed by atoms with Gasteiger partial charge in [-0.2, -0.15) is 0 Å². The van der Waals surface area contributed by atoms with Gasteiger partial charge in [-0.05, 0) is 37.5 Å². The molecule has 0 aliphatic carbocycles. The number of aliphatic hydroxyl groups excluding tert-OH is 1. The van der Waals surface area contributed by atoms with E-state index in [1.165, 1.54) is 250 Å². The van der Waals surface area contributed by atoms with Gasteiger partial charge in [-0.25, -0.2) is 9.13 Å². The molecule has 0 spiro atoms. The molecule has 0 radical (unpaired) electrons. The van der Waals surface area contributed by atoms with Crippen molar-refractivity contribution in [3.8, 4) is 0 Å². The first-order valence-corrected chi connectivity index (χ1v) is 45.5. The van der Waals surface area contributed by atoms with Crippen LogP contribution in [0.4, 0.5) is 0 Å². The topological polar surface area (TPSA) is 237 Å². The molecule has 0 rings (SSSR count). The zero-order valence-corrected chi connectivity index (χ0v) is 68.0. The highest BCUT2D eigenvalue weighted by Gasteiger charge is 2.30. The fourth-order valence-corrected chi connectivity index (χ4v) is 14.3. The largest absolute Gasteiger partial charge is 0.472 e. The Labute approximate surface area is 619 Å². The Balaban J connectivity index is 5.22. The first kappa shape index (κ1) is 99.1. The third kappa shape index (κ3) is 76.1. The fourth-order valence-electron chi connectivity index (χ4n) is 12.7. The van der Waals surface area contributed by atoms with Gasteiger partial charge in [-0.15, -0.1) is 0 Å². The molecular formula is C82H160O17P2. The van der Waals surface area contributed by atoms with Crippen molar-refractivity contribution in [1.29, 1.82) is 0 Å². The van der Waals surface area contributed by atoms with Crippen LogP contribution in [0.25, 0.3) is 0 Å². The predicted octanol–water partition coefficient (Wildman–Crippen LogP) is 24.7. The van der Waals surface area contributed by atoms with Crippen LogP contribution in [0.3, 0.4) is 0 Å². The van der Waals surface area contributed by atoms with Gasteiger partial charge in [0.1, 0.15) is 19.3 Å². The van der Waals surface area contributed by atoms with Crippen molar-refractivity contribution in [3.63, 3.8) is 0 Å². The van der Waals surface area contributed by atoms with Crippen molar-refractivity contribution < 1.29 is 80.2 Å². The maximum Gasteiger partial charge on any atom is 0.472 e. The molecule has 3 N–H and O–H groups in total. The summed E-state index contributed by atoms with van der Waals surface area (Å²) >= 11 is 0. The van der Waals surface area contributed by atoms with E-state index in [0.717, 1.165) is 102 Å². The lowest BCUT2D eigenvalue weighted by Gasteiger charge is -2.21. The normalized spacial score (nSPS) is 13.9. The van der Waals surface area contributed by atoms with Crippen molar-refractivity contribution in [3.05, 3.63) is 0 Å². The van der Waals surface area contributed by atoms with Crippen LogP contribution in [0.1, 0.15) is 433 Å². The Morgan fingerprint density at radius 2 is 0.455 bits per heavy atom. The highest BCUT2D eigenvalue weighted by molar-refractivity contribution is 7.47. The summed E-state index contributed by atoms with van der Waals surface area (Å²) in [6.07, 6.45) is 63.8. The van der Waals surface area contributed by atoms with E-state index in [-0.39, 0.29) is 25.7 Å². The first-order chi connectivity index (χ1) is 48.9.